The summed E-state index contributed by atoms with van der Waals surface area (Å²) in [5, 5.41) is -0.239. The number of amides is 2. The topological polar surface area (TPSA) is 83.5 Å². The molecular weight excluding hydrogens is 304 g/mol. The Labute approximate surface area is 130 Å². The molecule has 2 heterocycles. The molecule has 1 fully saturated rings. The van der Waals surface area contributed by atoms with E-state index < -0.39 is 9.84 Å². The van der Waals surface area contributed by atoms with E-state index in [-0.39, 0.29) is 17.2 Å². The minimum atomic E-state index is -3.49. The van der Waals surface area contributed by atoms with Crippen molar-refractivity contribution in [3.63, 3.8) is 0 Å². The van der Waals surface area contributed by atoms with E-state index in [1.54, 1.807) is 7.05 Å². The van der Waals surface area contributed by atoms with Gasteiger partial charge in [-0.3, -0.25) is 4.90 Å². The Hall–Kier alpha value is -1.70. The van der Waals surface area contributed by atoms with Crippen LogP contribution in [0.4, 0.5) is 10.6 Å². The first-order chi connectivity index (χ1) is 10.4. The molecule has 2 aliphatic rings. The van der Waals surface area contributed by atoms with Gasteiger partial charge >= 0.3 is 6.03 Å². The zero-order chi connectivity index (χ0) is 15.9. The highest BCUT2D eigenvalue weighted by molar-refractivity contribution is 7.90. The van der Waals surface area contributed by atoms with Gasteiger partial charge in [-0.2, -0.15) is 0 Å². The van der Waals surface area contributed by atoms with Gasteiger partial charge in [0.1, 0.15) is 5.82 Å². The number of carbonyl (C=O) groups is 1. The molecule has 8 heteroatoms. The number of nitrogens with zero attached hydrogens (tertiary/aromatic N) is 4. The molecule has 1 saturated carbocycles. The van der Waals surface area contributed by atoms with Crippen LogP contribution in [-0.2, 0) is 16.4 Å². The van der Waals surface area contributed by atoms with Crippen molar-refractivity contribution >= 4 is 21.7 Å². The molecule has 7 nitrogen and oxygen atoms in total. The van der Waals surface area contributed by atoms with E-state index in [0.717, 1.165) is 37.5 Å². The van der Waals surface area contributed by atoms with Gasteiger partial charge in [0.2, 0.25) is 15.0 Å². The fourth-order valence-corrected chi connectivity index (χ4v) is 3.67. The number of sulfone groups is 1. The third kappa shape index (κ3) is 2.67. The second kappa shape index (κ2) is 5.49. The molecule has 120 valence electrons. The third-order valence-corrected chi connectivity index (χ3v) is 5.22. The van der Waals surface area contributed by atoms with Crippen molar-refractivity contribution in [3.8, 4) is 0 Å². The molecule has 0 saturated heterocycles. The Morgan fingerprint density at radius 3 is 2.55 bits per heavy atom. The molecule has 1 aromatic heterocycles. The average Bonchev–Trinajstić information content (AvgIpc) is 2.50. The van der Waals surface area contributed by atoms with Crippen molar-refractivity contribution in [2.45, 2.75) is 49.8 Å². The van der Waals surface area contributed by atoms with Crippen molar-refractivity contribution in [3.05, 3.63) is 11.8 Å². The van der Waals surface area contributed by atoms with Gasteiger partial charge in [-0.15, -0.1) is 0 Å². The molecule has 1 aromatic rings. The fourth-order valence-electron chi connectivity index (χ4n) is 3.18. The minimum absolute atomic E-state index is 0.113. The molecule has 1 aliphatic heterocycles. The van der Waals surface area contributed by atoms with Gasteiger partial charge in [0.25, 0.3) is 0 Å². The van der Waals surface area contributed by atoms with Crippen molar-refractivity contribution in [1.29, 1.82) is 0 Å². The zero-order valence-electron chi connectivity index (χ0n) is 12.8. The molecule has 0 aromatic carbocycles. The highest BCUT2D eigenvalue weighted by atomic mass is 32.2. The number of hydrogen-bond acceptors (Lipinski definition) is 5. The van der Waals surface area contributed by atoms with Gasteiger partial charge in [-0.1, -0.05) is 19.3 Å². The van der Waals surface area contributed by atoms with E-state index in [1.165, 1.54) is 17.5 Å². The van der Waals surface area contributed by atoms with E-state index in [1.807, 2.05) is 4.90 Å². The van der Waals surface area contributed by atoms with Crippen LogP contribution in [-0.4, -0.2) is 48.7 Å². The lowest BCUT2D eigenvalue weighted by molar-refractivity contribution is 0.153. The van der Waals surface area contributed by atoms with Crippen LogP contribution in [0, 0.1) is 0 Å². The van der Waals surface area contributed by atoms with Crippen LogP contribution < -0.4 is 4.90 Å². The predicted octanol–water partition coefficient (Wildman–Crippen LogP) is 1.58. The van der Waals surface area contributed by atoms with Crippen LogP contribution in [0.1, 0.15) is 37.7 Å². The Bertz CT molecular complexity index is 698. The molecule has 22 heavy (non-hydrogen) atoms. The van der Waals surface area contributed by atoms with Crippen molar-refractivity contribution in [2.75, 3.05) is 18.2 Å². The van der Waals surface area contributed by atoms with Gasteiger partial charge in [-0.25, -0.2) is 23.2 Å². The van der Waals surface area contributed by atoms with E-state index >= 15 is 0 Å². The van der Waals surface area contributed by atoms with Crippen LogP contribution >= 0.6 is 0 Å². The second-order valence-corrected chi connectivity index (χ2v) is 7.94. The van der Waals surface area contributed by atoms with Crippen molar-refractivity contribution in [2.24, 2.45) is 0 Å². The Morgan fingerprint density at radius 2 is 1.91 bits per heavy atom. The highest BCUT2D eigenvalue weighted by Gasteiger charge is 2.35. The smallest absolute Gasteiger partial charge is 0.317 e. The highest BCUT2D eigenvalue weighted by Crippen LogP contribution is 2.31. The number of aromatic nitrogens is 2. The maximum absolute atomic E-state index is 12.6. The SMILES string of the molecule is CN1C(=O)N(C2CCCCC2)Cc2cnc(S(C)(=O)=O)nc21. The first-order valence-corrected chi connectivity index (χ1v) is 9.37. The molecule has 2 amide bonds. The predicted molar refractivity (Wildman–Crippen MR) is 81.4 cm³/mol. The lowest BCUT2D eigenvalue weighted by Gasteiger charge is -2.40. The molecule has 0 bridgehead atoms. The molecule has 0 radical (unpaired) electrons. The molecule has 0 N–H and O–H groups in total. The summed E-state index contributed by atoms with van der Waals surface area (Å²) in [6.45, 7) is 0.452. The van der Waals surface area contributed by atoms with E-state index in [4.69, 9.17) is 0 Å². The van der Waals surface area contributed by atoms with E-state index in [0.29, 0.717) is 12.4 Å². The van der Waals surface area contributed by atoms with Crippen LogP contribution in [0.15, 0.2) is 11.4 Å². The van der Waals surface area contributed by atoms with Gasteiger partial charge in [0.15, 0.2) is 0 Å². The summed E-state index contributed by atoms with van der Waals surface area (Å²) in [5.41, 5.74) is 0.792. The quantitative estimate of drug-likeness (QED) is 0.771. The summed E-state index contributed by atoms with van der Waals surface area (Å²) >= 11 is 0. The van der Waals surface area contributed by atoms with Crippen LogP contribution in [0.25, 0.3) is 0 Å². The monoisotopic (exact) mass is 324 g/mol. The Kier molecular flexibility index (Phi) is 3.80. The van der Waals surface area contributed by atoms with E-state index in [9.17, 15) is 13.2 Å². The number of hydrogen-bond donors (Lipinski definition) is 0. The van der Waals surface area contributed by atoms with Crippen LogP contribution in [0.3, 0.4) is 0 Å². The summed E-state index contributed by atoms with van der Waals surface area (Å²) in [6.07, 6.45) is 8.16. The molecule has 0 atom stereocenters. The molecule has 0 spiro atoms. The van der Waals surface area contributed by atoms with E-state index in [2.05, 4.69) is 9.97 Å². The number of fused-ring (bicyclic) bond motifs is 1. The van der Waals surface area contributed by atoms with Gasteiger partial charge < -0.3 is 4.90 Å². The number of urea groups is 1. The molecule has 0 unspecified atom stereocenters. The Balaban J connectivity index is 1.94. The van der Waals surface area contributed by atoms with Crippen molar-refractivity contribution in [1.82, 2.24) is 14.9 Å². The number of anilines is 1. The fraction of sp³-hybridized carbons (Fsp3) is 0.643. The van der Waals surface area contributed by atoms with Crippen LogP contribution in [0.5, 0.6) is 0 Å². The van der Waals surface area contributed by atoms with Crippen LogP contribution in [0.2, 0.25) is 0 Å². The Morgan fingerprint density at radius 1 is 1.23 bits per heavy atom. The van der Waals surface area contributed by atoms with Gasteiger partial charge in [-0.05, 0) is 12.8 Å². The summed E-state index contributed by atoms with van der Waals surface area (Å²) in [7, 11) is -1.85. The lowest BCUT2D eigenvalue weighted by Crippen LogP contribution is -2.50. The molecular formula is C14H20N4O3S. The van der Waals surface area contributed by atoms with Gasteiger partial charge in [0, 0.05) is 31.1 Å². The molecule has 3 rings (SSSR count). The maximum atomic E-state index is 12.6. The normalized spacial score (nSPS) is 20.2. The van der Waals surface area contributed by atoms with Gasteiger partial charge in [0.05, 0.1) is 6.54 Å². The summed E-state index contributed by atoms with van der Waals surface area (Å²) in [5.74, 6) is 0.396. The largest absolute Gasteiger partial charge is 0.325 e. The second-order valence-electron chi connectivity index (χ2n) is 6.03. The average molecular weight is 324 g/mol. The third-order valence-electron chi connectivity index (χ3n) is 4.36. The zero-order valence-corrected chi connectivity index (χ0v) is 13.6. The first kappa shape index (κ1) is 15.2. The number of carbonyl (C=O) groups excluding carboxylic acids is 1. The summed E-state index contributed by atoms with van der Waals surface area (Å²) in [4.78, 5) is 23.9. The molecule has 1 aliphatic carbocycles. The standard InChI is InChI=1S/C14H20N4O3S/c1-17-12-10(8-15-13(16-12)22(2,20)21)9-18(14(17)19)11-6-4-3-5-7-11/h8,11H,3-7,9H2,1-2H3. The summed E-state index contributed by atoms with van der Waals surface area (Å²) < 4.78 is 23.2. The summed E-state index contributed by atoms with van der Waals surface area (Å²) in [6, 6.07) is 0.143. The first-order valence-electron chi connectivity index (χ1n) is 7.48. The number of rotatable bonds is 2. The van der Waals surface area contributed by atoms with Crippen molar-refractivity contribution < 1.29 is 13.2 Å². The maximum Gasteiger partial charge on any atom is 0.325 e. The minimum Gasteiger partial charge on any atom is -0.317 e. The lowest BCUT2D eigenvalue weighted by atomic mass is 9.93.